The van der Waals surface area contributed by atoms with E-state index >= 15 is 0 Å². The number of nitrogens with one attached hydrogen (secondary N) is 1. The summed E-state index contributed by atoms with van der Waals surface area (Å²) in [5, 5.41) is 5.19. The number of ether oxygens (including phenoxy) is 1. The third kappa shape index (κ3) is 2.91. The van der Waals surface area contributed by atoms with Crippen molar-refractivity contribution >= 4 is 33.7 Å². The first-order valence-corrected chi connectivity index (χ1v) is 7.39. The maximum atomic E-state index is 5.74. The number of rotatable bonds is 6. The normalized spacial score (nSPS) is 10.6. The smallest absolute Gasteiger partial charge is 0.197 e. The number of nitrogens with two attached hydrogens (primary N) is 1. The first kappa shape index (κ1) is 13.1. The van der Waals surface area contributed by atoms with Crippen molar-refractivity contribution in [3.63, 3.8) is 0 Å². The van der Waals surface area contributed by atoms with E-state index in [-0.39, 0.29) is 0 Å². The van der Waals surface area contributed by atoms with Crippen LogP contribution in [-0.2, 0) is 13.0 Å². The Morgan fingerprint density at radius 2 is 2.28 bits per heavy atom. The Bertz CT molecular complexity index is 509. The molecule has 0 atom stereocenters. The number of nitrogens with zero attached hydrogens (tertiary/aromatic N) is 2. The summed E-state index contributed by atoms with van der Waals surface area (Å²) in [6.07, 6.45) is 2.95. The second-order valence-corrected chi connectivity index (χ2v) is 5.56. The van der Waals surface area contributed by atoms with Crippen LogP contribution in [-0.4, -0.2) is 16.0 Å². The molecule has 0 fully saturated rings. The van der Waals surface area contributed by atoms with Crippen molar-refractivity contribution in [2.24, 2.45) is 0 Å². The second-order valence-electron chi connectivity index (χ2n) is 3.59. The van der Waals surface area contributed by atoms with E-state index < -0.39 is 0 Å². The zero-order chi connectivity index (χ0) is 13.0. The molecule has 0 spiro atoms. The SMILES string of the molecule is CCOc1c(N)nsc1NCc1ncc(CC)s1. The van der Waals surface area contributed by atoms with Gasteiger partial charge in [-0.1, -0.05) is 6.92 Å². The Balaban J connectivity index is 2.01. The summed E-state index contributed by atoms with van der Waals surface area (Å²) in [5.74, 6) is 1.09. The van der Waals surface area contributed by atoms with Crippen LogP contribution in [0.3, 0.4) is 0 Å². The Morgan fingerprint density at radius 3 is 2.94 bits per heavy atom. The van der Waals surface area contributed by atoms with Gasteiger partial charge >= 0.3 is 0 Å². The Morgan fingerprint density at radius 1 is 1.44 bits per heavy atom. The standard InChI is InChI=1S/C11H16N4OS2/c1-3-7-5-13-8(17-7)6-14-11-9(16-4-2)10(12)15-18-11/h5,14H,3-4,6H2,1-2H3,(H2,12,15). The Labute approximate surface area is 114 Å². The van der Waals surface area contributed by atoms with Crippen LogP contribution in [0.4, 0.5) is 10.8 Å². The van der Waals surface area contributed by atoms with Gasteiger partial charge in [0.1, 0.15) is 5.01 Å². The lowest BCUT2D eigenvalue weighted by Crippen LogP contribution is -2.01. The van der Waals surface area contributed by atoms with E-state index in [2.05, 4.69) is 21.6 Å². The molecule has 0 aromatic carbocycles. The van der Waals surface area contributed by atoms with E-state index in [1.165, 1.54) is 16.4 Å². The molecule has 2 rings (SSSR count). The van der Waals surface area contributed by atoms with Gasteiger partial charge < -0.3 is 15.8 Å². The molecule has 0 radical (unpaired) electrons. The highest BCUT2D eigenvalue weighted by atomic mass is 32.1. The van der Waals surface area contributed by atoms with Crippen molar-refractivity contribution in [2.75, 3.05) is 17.7 Å². The van der Waals surface area contributed by atoms with Gasteiger partial charge in [0.2, 0.25) is 0 Å². The molecular formula is C11H16N4OS2. The predicted molar refractivity (Wildman–Crippen MR) is 76.5 cm³/mol. The molecule has 7 heteroatoms. The molecule has 2 aromatic heterocycles. The highest BCUT2D eigenvalue weighted by Crippen LogP contribution is 2.35. The molecule has 0 amide bonds. The number of hydrogen-bond donors (Lipinski definition) is 2. The van der Waals surface area contributed by atoms with Crippen molar-refractivity contribution in [1.29, 1.82) is 0 Å². The summed E-state index contributed by atoms with van der Waals surface area (Å²) in [4.78, 5) is 5.64. The van der Waals surface area contributed by atoms with Crippen LogP contribution < -0.4 is 15.8 Å². The second kappa shape index (κ2) is 6.01. The maximum absolute atomic E-state index is 5.74. The first-order valence-electron chi connectivity index (χ1n) is 5.80. The van der Waals surface area contributed by atoms with Crippen LogP contribution in [0, 0.1) is 0 Å². The van der Waals surface area contributed by atoms with E-state index in [1.807, 2.05) is 13.1 Å². The van der Waals surface area contributed by atoms with Crippen molar-refractivity contribution in [3.8, 4) is 5.75 Å². The van der Waals surface area contributed by atoms with Crippen molar-refractivity contribution in [2.45, 2.75) is 26.8 Å². The highest BCUT2D eigenvalue weighted by Gasteiger charge is 2.12. The fourth-order valence-electron chi connectivity index (χ4n) is 1.44. The average molecular weight is 284 g/mol. The molecule has 0 saturated heterocycles. The first-order chi connectivity index (χ1) is 8.74. The molecule has 18 heavy (non-hydrogen) atoms. The zero-order valence-corrected chi connectivity index (χ0v) is 12.0. The van der Waals surface area contributed by atoms with E-state index in [0.29, 0.717) is 24.7 Å². The fraction of sp³-hybridized carbons (Fsp3) is 0.455. The zero-order valence-electron chi connectivity index (χ0n) is 10.4. The molecule has 3 N–H and O–H groups in total. The summed E-state index contributed by atoms with van der Waals surface area (Å²) in [6, 6.07) is 0. The van der Waals surface area contributed by atoms with Gasteiger partial charge in [0.05, 0.1) is 13.2 Å². The van der Waals surface area contributed by atoms with Gasteiger partial charge in [-0.25, -0.2) is 4.98 Å². The van der Waals surface area contributed by atoms with E-state index in [1.54, 1.807) is 11.3 Å². The molecule has 0 aliphatic rings. The molecule has 0 saturated carbocycles. The Kier molecular flexibility index (Phi) is 4.38. The Hall–Kier alpha value is -1.34. The number of aryl methyl sites for hydroxylation is 1. The minimum absolute atomic E-state index is 0.442. The quantitative estimate of drug-likeness (QED) is 0.853. The van der Waals surface area contributed by atoms with Crippen LogP contribution >= 0.6 is 22.9 Å². The third-order valence-electron chi connectivity index (χ3n) is 2.31. The third-order valence-corrected chi connectivity index (χ3v) is 4.25. The van der Waals surface area contributed by atoms with Crippen LogP contribution in [0.2, 0.25) is 0 Å². The molecule has 0 bridgehead atoms. The summed E-state index contributed by atoms with van der Waals surface area (Å²) >= 11 is 3.03. The summed E-state index contributed by atoms with van der Waals surface area (Å²) in [7, 11) is 0. The lowest BCUT2D eigenvalue weighted by atomic mass is 10.4. The maximum Gasteiger partial charge on any atom is 0.197 e. The van der Waals surface area contributed by atoms with Gasteiger partial charge in [0.25, 0.3) is 0 Å². The molecule has 0 unspecified atom stereocenters. The largest absolute Gasteiger partial charge is 0.487 e. The lowest BCUT2D eigenvalue weighted by molar-refractivity contribution is 0.344. The number of hydrogen-bond acceptors (Lipinski definition) is 7. The van der Waals surface area contributed by atoms with Crippen molar-refractivity contribution in [3.05, 3.63) is 16.1 Å². The fourth-order valence-corrected chi connectivity index (χ4v) is 2.90. The van der Waals surface area contributed by atoms with E-state index in [9.17, 15) is 0 Å². The highest BCUT2D eigenvalue weighted by molar-refractivity contribution is 7.12. The van der Waals surface area contributed by atoms with Crippen LogP contribution in [0.1, 0.15) is 23.7 Å². The van der Waals surface area contributed by atoms with Gasteiger partial charge in [-0.3, -0.25) is 0 Å². The van der Waals surface area contributed by atoms with Crippen LogP contribution in [0.15, 0.2) is 6.20 Å². The minimum Gasteiger partial charge on any atom is -0.487 e. The minimum atomic E-state index is 0.442. The van der Waals surface area contributed by atoms with Crippen molar-refractivity contribution in [1.82, 2.24) is 9.36 Å². The number of aromatic nitrogens is 2. The lowest BCUT2D eigenvalue weighted by Gasteiger charge is -2.05. The topological polar surface area (TPSA) is 73.1 Å². The number of anilines is 2. The molecule has 2 heterocycles. The van der Waals surface area contributed by atoms with Gasteiger partial charge in [0.15, 0.2) is 16.6 Å². The van der Waals surface area contributed by atoms with E-state index in [4.69, 9.17) is 10.5 Å². The van der Waals surface area contributed by atoms with Crippen LogP contribution in [0.5, 0.6) is 5.75 Å². The van der Waals surface area contributed by atoms with Gasteiger partial charge in [0, 0.05) is 11.1 Å². The molecule has 98 valence electrons. The summed E-state index contributed by atoms with van der Waals surface area (Å²) in [6.45, 7) is 5.30. The predicted octanol–water partition coefficient (Wildman–Crippen LogP) is 2.76. The summed E-state index contributed by atoms with van der Waals surface area (Å²) in [5.41, 5.74) is 5.74. The monoisotopic (exact) mass is 284 g/mol. The molecule has 0 aliphatic heterocycles. The van der Waals surface area contributed by atoms with Crippen LogP contribution in [0.25, 0.3) is 0 Å². The summed E-state index contributed by atoms with van der Waals surface area (Å²) < 4.78 is 9.55. The molecular weight excluding hydrogens is 268 g/mol. The number of thiazole rings is 1. The van der Waals surface area contributed by atoms with Gasteiger partial charge in [-0.05, 0) is 24.9 Å². The van der Waals surface area contributed by atoms with Gasteiger partial charge in [-0.2, -0.15) is 4.37 Å². The number of nitrogen functional groups attached to an aromatic ring is 1. The molecule has 5 nitrogen and oxygen atoms in total. The molecule has 2 aromatic rings. The van der Waals surface area contributed by atoms with Crippen molar-refractivity contribution < 1.29 is 4.74 Å². The average Bonchev–Trinajstić information content (AvgIpc) is 2.96. The van der Waals surface area contributed by atoms with Gasteiger partial charge in [-0.15, -0.1) is 11.3 Å². The molecule has 0 aliphatic carbocycles. The van der Waals surface area contributed by atoms with E-state index in [0.717, 1.165) is 16.4 Å².